The molecule has 2 rings (SSSR count). The van der Waals surface area contributed by atoms with Gasteiger partial charge in [-0.2, -0.15) is 0 Å². The minimum atomic E-state index is -1.32. The number of hydrogen-bond donors (Lipinski definition) is 1. The highest BCUT2D eigenvalue weighted by Crippen LogP contribution is 2.48. The summed E-state index contributed by atoms with van der Waals surface area (Å²) in [4.78, 5) is 23.8. The highest BCUT2D eigenvalue weighted by Gasteiger charge is 2.51. The number of nitrogens with zero attached hydrogens (tertiary/aromatic N) is 1. The number of rotatable bonds is 0. The molecule has 1 N–H and O–H groups in total. The Morgan fingerprint density at radius 1 is 1.33 bits per heavy atom. The SMILES string of the molecule is CC1(C)CN(C(=O)C(=O)O)C2CCCC21. The molecular formula is C11H17NO3. The van der Waals surface area contributed by atoms with Gasteiger partial charge in [0.1, 0.15) is 0 Å². The monoisotopic (exact) mass is 211 g/mol. The van der Waals surface area contributed by atoms with Gasteiger partial charge >= 0.3 is 11.9 Å². The molecule has 2 unspecified atom stereocenters. The van der Waals surface area contributed by atoms with E-state index < -0.39 is 11.9 Å². The van der Waals surface area contributed by atoms with E-state index in [4.69, 9.17) is 5.11 Å². The number of likely N-dealkylation sites (tertiary alicyclic amines) is 1. The summed E-state index contributed by atoms with van der Waals surface area (Å²) in [5.74, 6) is -1.56. The first kappa shape index (κ1) is 10.5. The van der Waals surface area contributed by atoms with Crippen LogP contribution in [0.3, 0.4) is 0 Å². The van der Waals surface area contributed by atoms with Crippen LogP contribution in [0.25, 0.3) is 0 Å². The predicted octanol–water partition coefficient (Wildman–Crippen LogP) is 1.11. The van der Waals surface area contributed by atoms with Gasteiger partial charge in [-0.05, 0) is 24.2 Å². The molecule has 0 aromatic heterocycles. The molecule has 1 saturated heterocycles. The minimum Gasteiger partial charge on any atom is -0.474 e. The highest BCUT2D eigenvalue weighted by molar-refractivity contribution is 6.31. The number of amides is 1. The Morgan fingerprint density at radius 2 is 2.00 bits per heavy atom. The third kappa shape index (κ3) is 1.52. The molecule has 4 nitrogen and oxygen atoms in total. The molecule has 0 radical (unpaired) electrons. The Labute approximate surface area is 89.3 Å². The molecule has 0 aromatic rings. The molecule has 1 heterocycles. The van der Waals surface area contributed by atoms with Crippen molar-refractivity contribution in [1.29, 1.82) is 0 Å². The quantitative estimate of drug-likeness (QED) is 0.610. The molecule has 2 atom stereocenters. The van der Waals surface area contributed by atoms with Gasteiger partial charge in [-0.25, -0.2) is 4.79 Å². The maximum Gasteiger partial charge on any atom is 0.394 e. The second-order valence-electron chi connectivity index (χ2n) is 5.33. The first-order valence-corrected chi connectivity index (χ1v) is 5.47. The van der Waals surface area contributed by atoms with Crippen LogP contribution in [0.1, 0.15) is 33.1 Å². The summed E-state index contributed by atoms with van der Waals surface area (Å²) in [5.41, 5.74) is 0.0757. The number of carbonyl (C=O) groups excluding carboxylic acids is 1. The Bertz CT molecular complexity index is 311. The van der Waals surface area contributed by atoms with Gasteiger partial charge in [-0.1, -0.05) is 20.3 Å². The maximum absolute atomic E-state index is 11.5. The van der Waals surface area contributed by atoms with Crippen molar-refractivity contribution in [2.24, 2.45) is 11.3 Å². The van der Waals surface area contributed by atoms with Crippen molar-refractivity contribution in [2.75, 3.05) is 6.54 Å². The summed E-state index contributed by atoms with van der Waals surface area (Å²) in [7, 11) is 0. The van der Waals surface area contributed by atoms with Gasteiger partial charge in [0.25, 0.3) is 0 Å². The molecule has 15 heavy (non-hydrogen) atoms. The highest BCUT2D eigenvalue weighted by atomic mass is 16.4. The molecule has 0 spiro atoms. The first-order valence-electron chi connectivity index (χ1n) is 5.47. The largest absolute Gasteiger partial charge is 0.474 e. The zero-order valence-corrected chi connectivity index (χ0v) is 9.19. The zero-order valence-electron chi connectivity index (χ0n) is 9.19. The zero-order chi connectivity index (χ0) is 11.2. The molecule has 1 amide bonds. The second-order valence-corrected chi connectivity index (χ2v) is 5.33. The summed E-state index contributed by atoms with van der Waals surface area (Å²) in [6.45, 7) is 4.85. The van der Waals surface area contributed by atoms with Gasteiger partial charge in [-0.3, -0.25) is 4.79 Å². The summed E-state index contributed by atoms with van der Waals surface area (Å²) < 4.78 is 0. The van der Waals surface area contributed by atoms with Crippen LogP contribution in [-0.4, -0.2) is 34.5 Å². The Balaban J connectivity index is 2.22. The lowest BCUT2D eigenvalue weighted by molar-refractivity contribution is -0.156. The standard InChI is InChI=1S/C11H17NO3/c1-11(2)6-12(9(13)10(14)15)8-5-3-4-7(8)11/h7-8H,3-6H2,1-2H3,(H,14,15). The van der Waals surface area contributed by atoms with Gasteiger partial charge in [0.2, 0.25) is 0 Å². The Morgan fingerprint density at radius 3 is 2.60 bits per heavy atom. The average Bonchev–Trinajstić information content (AvgIpc) is 2.68. The number of carboxylic acids is 1. The van der Waals surface area contributed by atoms with E-state index in [1.807, 2.05) is 0 Å². The van der Waals surface area contributed by atoms with Crippen LogP contribution < -0.4 is 0 Å². The number of hydrogen-bond acceptors (Lipinski definition) is 2. The molecule has 84 valence electrons. The number of carbonyl (C=O) groups is 2. The van der Waals surface area contributed by atoms with Gasteiger partial charge in [0.15, 0.2) is 0 Å². The van der Waals surface area contributed by atoms with Crippen LogP contribution in [0.4, 0.5) is 0 Å². The van der Waals surface area contributed by atoms with E-state index in [1.54, 1.807) is 4.90 Å². The number of carboxylic acid groups (broad SMARTS) is 1. The molecular weight excluding hydrogens is 194 g/mol. The predicted molar refractivity (Wildman–Crippen MR) is 54.3 cm³/mol. The van der Waals surface area contributed by atoms with E-state index in [0.29, 0.717) is 12.5 Å². The molecule has 2 aliphatic rings. The third-order valence-electron chi connectivity index (χ3n) is 3.91. The van der Waals surface area contributed by atoms with E-state index in [9.17, 15) is 9.59 Å². The Hall–Kier alpha value is -1.06. The van der Waals surface area contributed by atoms with E-state index in [1.165, 1.54) is 0 Å². The fraction of sp³-hybridized carbons (Fsp3) is 0.818. The summed E-state index contributed by atoms with van der Waals surface area (Å²) >= 11 is 0. The Kier molecular flexibility index (Phi) is 2.24. The molecule has 4 heteroatoms. The van der Waals surface area contributed by atoms with Crippen LogP contribution in [0.15, 0.2) is 0 Å². The number of aliphatic carboxylic acids is 1. The van der Waals surface area contributed by atoms with E-state index >= 15 is 0 Å². The lowest BCUT2D eigenvalue weighted by Crippen LogP contribution is -2.40. The molecule has 1 aliphatic heterocycles. The average molecular weight is 211 g/mol. The smallest absolute Gasteiger partial charge is 0.394 e. The fourth-order valence-electron chi connectivity index (χ4n) is 3.24. The van der Waals surface area contributed by atoms with Crippen molar-refractivity contribution >= 4 is 11.9 Å². The van der Waals surface area contributed by atoms with E-state index in [-0.39, 0.29) is 11.5 Å². The van der Waals surface area contributed by atoms with Crippen molar-refractivity contribution in [3.05, 3.63) is 0 Å². The third-order valence-corrected chi connectivity index (χ3v) is 3.91. The number of fused-ring (bicyclic) bond motifs is 1. The van der Waals surface area contributed by atoms with Gasteiger partial charge in [-0.15, -0.1) is 0 Å². The maximum atomic E-state index is 11.5. The molecule has 1 aliphatic carbocycles. The van der Waals surface area contributed by atoms with Crippen LogP contribution in [0, 0.1) is 11.3 Å². The van der Waals surface area contributed by atoms with Crippen LogP contribution in [0.5, 0.6) is 0 Å². The van der Waals surface area contributed by atoms with Crippen LogP contribution >= 0.6 is 0 Å². The van der Waals surface area contributed by atoms with Crippen molar-refractivity contribution in [2.45, 2.75) is 39.2 Å². The fourth-order valence-corrected chi connectivity index (χ4v) is 3.24. The second kappa shape index (κ2) is 3.22. The lowest BCUT2D eigenvalue weighted by Gasteiger charge is -2.23. The topological polar surface area (TPSA) is 57.6 Å². The first-order chi connectivity index (χ1) is 6.93. The summed E-state index contributed by atoms with van der Waals surface area (Å²) in [5, 5.41) is 8.74. The molecule has 0 bridgehead atoms. The van der Waals surface area contributed by atoms with Crippen LogP contribution in [-0.2, 0) is 9.59 Å². The minimum absolute atomic E-state index is 0.0757. The lowest BCUT2D eigenvalue weighted by atomic mass is 9.80. The van der Waals surface area contributed by atoms with Gasteiger partial charge < -0.3 is 10.0 Å². The van der Waals surface area contributed by atoms with E-state index in [0.717, 1.165) is 19.3 Å². The summed E-state index contributed by atoms with van der Waals surface area (Å²) in [6.07, 6.45) is 3.20. The van der Waals surface area contributed by atoms with E-state index in [2.05, 4.69) is 13.8 Å². The molecule has 2 fully saturated rings. The summed E-state index contributed by atoms with van der Waals surface area (Å²) in [6, 6.07) is 0.170. The normalized spacial score (nSPS) is 32.8. The van der Waals surface area contributed by atoms with Gasteiger partial charge in [0, 0.05) is 12.6 Å². The van der Waals surface area contributed by atoms with Crippen molar-refractivity contribution in [1.82, 2.24) is 4.90 Å². The molecule has 0 aromatic carbocycles. The van der Waals surface area contributed by atoms with Crippen molar-refractivity contribution < 1.29 is 14.7 Å². The molecule has 1 saturated carbocycles. The van der Waals surface area contributed by atoms with Crippen LogP contribution in [0.2, 0.25) is 0 Å². The van der Waals surface area contributed by atoms with Gasteiger partial charge in [0.05, 0.1) is 0 Å². The van der Waals surface area contributed by atoms with Crippen molar-refractivity contribution in [3.8, 4) is 0 Å². The van der Waals surface area contributed by atoms with Crippen molar-refractivity contribution in [3.63, 3.8) is 0 Å².